The molecule has 0 spiro atoms. The van der Waals surface area contributed by atoms with Gasteiger partial charge in [-0.2, -0.15) is 0 Å². The van der Waals surface area contributed by atoms with Gasteiger partial charge < -0.3 is 4.74 Å². The first kappa shape index (κ1) is 12.8. The van der Waals surface area contributed by atoms with Crippen LogP contribution in [-0.2, 0) is 19.6 Å². The summed E-state index contributed by atoms with van der Waals surface area (Å²) in [4.78, 5) is 11.7. The van der Waals surface area contributed by atoms with Gasteiger partial charge in [-0.1, -0.05) is 18.2 Å². The zero-order valence-corrected chi connectivity index (χ0v) is 10.6. The van der Waals surface area contributed by atoms with Crippen molar-refractivity contribution in [1.29, 1.82) is 0 Å². The average molecular weight is 267 g/mol. The van der Waals surface area contributed by atoms with E-state index >= 15 is 0 Å². The Morgan fingerprint density at radius 3 is 2.56 bits per heavy atom. The number of hydrogen-bond acceptors (Lipinski definition) is 4. The lowest BCUT2D eigenvalue weighted by molar-refractivity contribution is -0.125. The van der Waals surface area contributed by atoms with Gasteiger partial charge in [0.05, 0.1) is 4.90 Å². The lowest BCUT2D eigenvalue weighted by Crippen LogP contribution is -2.40. The summed E-state index contributed by atoms with van der Waals surface area (Å²) in [5, 5.41) is 0. The largest absolute Gasteiger partial charge is 0.354 e. The third kappa shape index (κ3) is 2.16. The Morgan fingerprint density at radius 1 is 1.28 bits per heavy atom. The molecule has 0 fully saturated rings. The van der Waals surface area contributed by atoms with Gasteiger partial charge in [0.15, 0.2) is 6.23 Å². The van der Waals surface area contributed by atoms with E-state index < -0.39 is 22.2 Å². The molecule has 0 bridgehead atoms. The van der Waals surface area contributed by atoms with Crippen molar-refractivity contribution in [1.82, 2.24) is 4.31 Å². The molecule has 0 aromatic heterocycles. The number of carbonyl (C=O) groups excluding carboxylic acids is 1. The van der Waals surface area contributed by atoms with Crippen molar-refractivity contribution in [3.05, 3.63) is 42.5 Å². The van der Waals surface area contributed by atoms with Gasteiger partial charge in [0, 0.05) is 12.7 Å². The molecule has 96 valence electrons. The minimum absolute atomic E-state index is 0.0757. The second kappa shape index (κ2) is 4.91. The van der Waals surface area contributed by atoms with Crippen LogP contribution in [-0.4, -0.2) is 31.5 Å². The number of sulfonamides is 1. The van der Waals surface area contributed by atoms with Crippen LogP contribution in [0, 0.1) is 0 Å². The van der Waals surface area contributed by atoms with E-state index in [1.165, 1.54) is 24.3 Å². The Bertz CT molecular complexity index is 565. The predicted octanol–water partition coefficient (Wildman–Crippen LogP) is 1.14. The molecule has 1 unspecified atom stereocenters. The highest BCUT2D eigenvalue weighted by atomic mass is 32.2. The zero-order valence-electron chi connectivity index (χ0n) is 9.81. The molecule has 18 heavy (non-hydrogen) atoms. The van der Waals surface area contributed by atoms with Crippen molar-refractivity contribution in [3.63, 3.8) is 0 Å². The Balaban J connectivity index is 2.38. The molecule has 0 radical (unpaired) electrons. The van der Waals surface area contributed by atoms with Crippen molar-refractivity contribution in [2.24, 2.45) is 0 Å². The number of rotatable bonds is 4. The lowest BCUT2D eigenvalue weighted by atomic mass is 10.4. The van der Waals surface area contributed by atoms with Crippen LogP contribution in [0.15, 0.2) is 47.4 Å². The van der Waals surface area contributed by atoms with Crippen LogP contribution >= 0.6 is 0 Å². The second-order valence-corrected chi connectivity index (χ2v) is 5.47. The standard InChI is InChI=1S/C12H13NO4S/c1-2-17-12-9-8-11(14)13(12)18(15,16)10-6-4-3-5-7-10/h3-9,12H,2H2,1H3. The summed E-state index contributed by atoms with van der Waals surface area (Å²) in [7, 11) is -3.86. The van der Waals surface area contributed by atoms with Crippen molar-refractivity contribution in [2.75, 3.05) is 6.61 Å². The first-order valence-electron chi connectivity index (χ1n) is 5.50. The normalized spacial score (nSPS) is 19.5. The SMILES string of the molecule is CCOC1C=CC(=O)N1S(=O)(=O)c1ccccc1. The summed E-state index contributed by atoms with van der Waals surface area (Å²) in [5.41, 5.74) is 0. The molecule has 0 saturated heterocycles. The van der Waals surface area contributed by atoms with Crippen LogP contribution < -0.4 is 0 Å². The number of hydrogen-bond donors (Lipinski definition) is 0. The van der Waals surface area contributed by atoms with Gasteiger partial charge in [-0.25, -0.2) is 12.7 Å². The zero-order chi connectivity index (χ0) is 13.2. The molecular weight excluding hydrogens is 254 g/mol. The van der Waals surface area contributed by atoms with Gasteiger partial charge in [-0.15, -0.1) is 0 Å². The van der Waals surface area contributed by atoms with E-state index in [1.807, 2.05) is 0 Å². The minimum atomic E-state index is -3.86. The summed E-state index contributed by atoms with van der Waals surface area (Å²) < 4.78 is 30.6. The summed E-state index contributed by atoms with van der Waals surface area (Å²) in [6, 6.07) is 7.82. The minimum Gasteiger partial charge on any atom is -0.354 e. The number of nitrogens with zero attached hydrogens (tertiary/aromatic N) is 1. The Labute approximate surface area is 106 Å². The molecule has 1 aliphatic heterocycles. The first-order valence-corrected chi connectivity index (χ1v) is 6.94. The van der Waals surface area contributed by atoms with E-state index in [2.05, 4.69) is 0 Å². The molecule has 1 atom stereocenters. The maximum absolute atomic E-state index is 12.3. The Kier molecular flexibility index (Phi) is 3.49. The fourth-order valence-electron chi connectivity index (χ4n) is 1.70. The third-order valence-electron chi connectivity index (χ3n) is 2.49. The van der Waals surface area contributed by atoms with Crippen LogP contribution in [0.1, 0.15) is 6.92 Å². The smallest absolute Gasteiger partial charge is 0.269 e. The van der Waals surface area contributed by atoms with E-state index in [0.29, 0.717) is 6.61 Å². The molecule has 1 amide bonds. The molecule has 6 heteroatoms. The van der Waals surface area contributed by atoms with E-state index in [1.54, 1.807) is 25.1 Å². The first-order chi connectivity index (χ1) is 8.57. The van der Waals surface area contributed by atoms with Crippen molar-refractivity contribution in [3.8, 4) is 0 Å². The van der Waals surface area contributed by atoms with Gasteiger partial charge in [0.1, 0.15) is 0 Å². The van der Waals surface area contributed by atoms with Crippen LogP contribution in [0.2, 0.25) is 0 Å². The number of amides is 1. The maximum atomic E-state index is 12.3. The van der Waals surface area contributed by atoms with Gasteiger partial charge >= 0.3 is 0 Å². The topological polar surface area (TPSA) is 63.7 Å². The highest BCUT2D eigenvalue weighted by Crippen LogP contribution is 2.23. The second-order valence-electron chi connectivity index (χ2n) is 3.66. The van der Waals surface area contributed by atoms with Gasteiger partial charge in [0.2, 0.25) is 0 Å². The third-order valence-corrected chi connectivity index (χ3v) is 4.26. The summed E-state index contributed by atoms with van der Waals surface area (Å²) in [6.45, 7) is 2.06. The van der Waals surface area contributed by atoms with Gasteiger partial charge in [0.25, 0.3) is 15.9 Å². The predicted molar refractivity (Wildman–Crippen MR) is 65.0 cm³/mol. The quantitative estimate of drug-likeness (QED) is 0.820. The monoisotopic (exact) mass is 267 g/mol. The maximum Gasteiger partial charge on any atom is 0.269 e. The van der Waals surface area contributed by atoms with Gasteiger partial charge in [-0.3, -0.25) is 4.79 Å². The molecule has 0 aliphatic carbocycles. The number of benzene rings is 1. The van der Waals surface area contributed by atoms with E-state index in [0.717, 1.165) is 4.31 Å². The fourth-order valence-corrected chi connectivity index (χ4v) is 3.13. The van der Waals surface area contributed by atoms with Crippen molar-refractivity contribution >= 4 is 15.9 Å². The van der Waals surface area contributed by atoms with Crippen molar-refractivity contribution < 1.29 is 17.9 Å². The van der Waals surface area contributed by atoms with Crippen LogP contribution in [0.5, 0.6) is 0 Å². The molecule has 1 heterocycles. The Morgan fingerprint density at radius 2 is 1.94 bits per heavy atom. The van der Waals surface area contributed by atoms with Crippen LogP contribution in [0.4, 0.5) is 0 Å². The molecule has 2 rings (SSSR count). The van der Waals surface area contributed by atoms with E-state index in [4.69, 9.17) is 4.74 Å². The molecular formula is C12H13NO4S. The molecule has 1 aromatic rings. The van der Waals surface area contributed by atoms with Crippen LogP contribution in [0.3, 0.4) is 0 Å². The van der Waals surface area contributed by atoms with Crippen LogP contribution in [0.25, 0.3) is 0 Å². The number of ether oxygens (including phenoxy) is 1. The highest BCUT2D eigenvalue weighted by Gasteiger charge is 2.37. The summed E-state index contributed by atoms with van der Waals surface area (Å²) in [5.74, 6) is -0.586. The molecule has 0 N–H and O–H groups in total. The van der Waals surface area contributed by atoms with E-state index in [-0.39, 0.29) is 4.90 Å². The summed E-state index contributed by atoms with van der Waals surface area (Å²) in [6.07, 6.45) is 1.79. The highest BCUT2D eigenvalue weighted by molar-refractivity contribution is 7.89. The summed E-state index contributed by atoms with van der Waals surface area (Å²) >= 11 is 0. The average Bonchev–Trinajstić information content (AvgIpc) is 2.73. The number of carbonyl (C=O) groups is 1. The fraction of sp³-hybridized carbons (Fsp3) is 0.250. The lowest BCUT2D eigenvalue weighted by Gasteiger charge is -2.23. The molecule has 1 aliphatic rings. The van der Waals surface area contributed by atoms with E-state index in [9.17, 15) is 13.2 Å². The molecule has 1 aromatic carbocycles. The van der Waals surface area contributed by atoms with Gasteiger partial charge in [-0.05, 0) is 25.1 Å². The van der Waals surface area contributed by atoms with Crippen molar-refractivity contribution in [2.45, 2.75) is 18.0 Å². The Hall–Kier alpha value is -1.66. The molecule has 5 nitrogen and oxygen atoms in total. The molecule has 0 saturated carbocycles.